The fourth-order valence-electron chi connectivity index (χ4n) is 2.14. The molecule has 0 fully saturated rings. The molecule has 10 heteroatoms. The van der Waals surface area contributed by atoms with Gasteiger partial charge in [-0.25, -0.2) is 5.43 Å². The van der Waals surface area contributed by atoms with Gasteiger partial charge in [0.15, 0.2) is 0 Å². The lowest BCUT2D eigenvalue weighted by atomic mass is 10.1. The summed E-state index contributed by atoms with van der Waals surface area (Å²) in [4.78, 5) is 26.3. The number of hydrogen-bond acceptors (Lipinski definition) is 6. The van der Waals surface area contributed by atoms with Crippen LogP contribution in [0.3, 0.4) is 0 Å². The molecule has 0 atom stereocenters. The van der Waals surface area contributed by atoms with Gasteiger partial charge in [-0.2, -0.15) is 5.10 Å². The van der Waals surface area contributed by atoms with Gasteiger partial charge < -0.3 is 4.42 Å². The van der Waals surface area contributed by atoms with E-state index in [1.165, 1.54) is 30.6 Å². The average molecular weight is 450 g/mol. The number of nitro benzene ring substituents is 1. The van der Waals surface area contributed by atoms with Gasteiger partial charge >= 0.3 is 0 Å². The number of nitrogens with one attached hydrogen (secondary N) is 1. The molecule has 0 saturated heterocycles. The summed E-state index contributed by atoms with van der Waals surface area (Å²) in [6, 6.07) is 8.87. The topological polar surface area (TPSA) is 111 Å². The number of nitro groups is 1. The number of non-ortho nitro benzene ring substituents is 1. The lowest BCUT2D eigenvalue weighted by molar-refractivity contribution is -0.384. The normalized spacial score (nSPS) is 10.9. The molecule has 0 aliphatic carbocycles. The van der Waals surface area contributed by atoms with Crippen LogP contribution in [-0.2, 0) is 0 Å². The Balaban J connectivity index is 1.73. The molecule has 0 aliphatic heterocycles. The molecule has 1 amide bonds. The minimum absolute atomic E-state index is 0.101. The Kier molecular flexibility index (Phi) is 5.63. The maximum Gasteiger partial charge on any atom is 0.272 e. The number of benzene rings is 1. The first kappa shape index (κ1) is 18.7. The van der Waals surface area contributed by atoms with Crippen LogP contribution in [0, 0.1) is 10.1 Å². The largest absolute Gasteiger partial charge is 0.455 e. The number of furan rings is 1. The van der Waals surface area contributed by atoms with E-state index in [4.69, 9.17) is 16.0 Å². The quantitative estimate of drug-likeness (QED) is 0.352. The first-order valence-electron chi connectivity index (χ1n) is 7.42. The summed E-state index contributed by atoms with van der Waals surface area (Å²) >= 11 is 9.32. The number of hydrogen-bond donors (Lipinski definition) is 1. The van der Waals surface area contributed by atoms with Crippen molar-refractivity contribution in [1.29, 1.82) is 0 Å². The van der Waals surface area contributed by atoms with Crippen LogP contribution in [0.5, 0.6) is 0 Å². The van der Waals surface area contributed by atoms with E-state index >= 15 is 0 Å². The van der Waals surface area contributed by atoms with E-state index < -0.39 is 10.8 Å². The zero-order valence-electron chi connectivity index (χ0n) is 13.4. The molecule has 27 heavy (non-hydrogen) atoms. The van der Waals surface area contributed by atoms with Crippen LogP contribution in [0.15, 0.2) is 62.8 Å². The first-order valence-corrected chi connectivity index (χ1v) is 8.59. The van der Waals surface area contributed by atoms with Gasteiger partial charge in [0.25, 0.3) is 11.6 Å². The molecular weight excluding hydrogens is 440 g/mol. The monoisotopic (exact) mass is 448 g/mol. The first-order chi connectivity index (χ1) is 12.9. The molecule has 1 N–H and O–H groups in total. The Morgan fingerprint density at radius 2 is 2.11 bits per heavy atom. The average Bonchev–Trinajstić information content (AvgIpc) is 3.10. The molecule has 8 nitrogen and oxygen atoms in total. The zero-order chi connectivity index (χ0) is 19.4. The number of aromatic nitrogens is 1. The predicted octanol–water partition coefficient (Wildman–Crippen LogP) is 4.43. The fourth-order valence-corrected chi connectivity index (χ4v) is 2.71. The molecule has 0 saturated carbocycles. The fraction of sp³-hybridized carbons (Fsp3) is 0. The highest BCUT2D eigenvalue weighted by Crippen LogP contribution is 2.32. The van der Waals surface area contributed by atoms with Crippen molar-refractivity contribution in [2.75, 3.05) is 0 Å². The van der Waals surface area contributed by atoms with Crippen molar-refractivity contribution in [2.45, 2.75) is 0 Å². The molecule has 0 radical (unpaired) electrons. The smallest absolute Gasteiger partial charge is 0.272 e. The van der Waals surface area contributed by atoms with Gasteiger partial charge in [-0.15, -0.1) is 0 Å². The van der Waals surface area contributed by atoms with Crippen LogP contribution in [0.4, 0.5) is 5.69 Å². The summed E-state index contributed by atoms with van der Waals surface area (Å²) in [5, 5.41) is 15.0. The SMILES string of the molecule is O=C(NN=Cc1ccc(-c2cc([N+](=O)[O-])ccc2Cl)o1)c1cncc(Br)c1. The number of halogens is 2. The second-order valence-electron chi connectivity index (χ2n) is 5.21. The van der Waals surface area contributed by atoms with Crippen molar-refractivity contribution in [3.8, 4) is 11.3 Å². The highest BCUT2D eigenvalue weighted by atomic mass is 79.9. The van der Waals surface area contributed by atoms with Crippen molar-refractivity contribution in [3.05, 3.63) is 79.7 Å². The summed E-state index contributed by atoms with van der Waals surface area (Å²) in [7, 11) is 0. The molecule has 1 aromatic carbocycles. The van der Waals surface area contributed by atoms with Gasteiger partial charge in [-0.05, 0) is 40.2 Å². The lowest BCUT2D eigenvalue weighted by Crippen LogP contribution is -2.17. The van der Waals surface area contributed by atoms with Crippen molar-refractivity contribution >= 4 is 45.3 Å². The van der Waals surface area contributed by atoms with E-state index in [0.717, 1.165) is 0 Å². The van der Waals surface area contributed by atoms with E-state index in [2.05, 4.69) is 31.4 Å². The summed E-state index contributed by atoms with van der Waals surface area (Å²) < 4.78 is 6.23. The van der Waals surface area contributed by atoms with Crippen molar-refractivity contribution < 1.29 is 14.1 Å². The zero-order valence-corrected chi connectivity index (χ0v) is 15.8. The van der Waals surface area contributed by atoms with E-state index in [1.54, 1.807) is 24.4 Å². The van der Waals surface area contributed by atoms with Crippen LogP contribution >= 0.6 is 27.5 Å². The van der Waals surface area contributed by atoms with Gasteiger partial charge in [0.2, 0.25) is 0 Å². The minimum Gasteiger partial charge on any atom is -0.455 e. The van der Waals surface area contributed by atoms with Gasteiger partial charge in [0, 0.05) is 34.6 Å². The third-order valence-corrected chi connectivity index (χ3v) is 4.14. The predicted molar refractivity (Wildman–Crippen MR) is 103 cm³/mol. The Bertz CT molecular complexity index is 1050. The van der Waals surface area contributed by atoms with Crippen molar-refractivity contribution in [3.63, 3.8) is 0 Å². The van der Waals surface area contributed by atoms with Crippen LogP contribution < -0.4 is 5.43 Å². The van der Waals surface area contributed by atoms with Gasteiger partial charge in [0.05, 0.1) is 21.7 Å². The molecule has 3 aromatic rings. The summed E-state index contributed by atoms with van der Waals surface area (Å²) in [5.41, 5.74) is 2.97. The van der Waals surface area contributed by atoms with Crippen LogP contribution in [0.25, 0.3) is 11.3 Å². The highest BCUT2D eigenvalue weighted by molar-refractivity contribution is 9.10. The highest BCUT2D eigenvalue weighted by Gasteiger charge is 2.14. The summed E-state index contributed by atoms with van der Waals surface area (Å²) in [6.07, 6.45) is 4.27. The third kappa shape index (κ3) is 4.57. The van der Waals surface area contributed by atoms with Crippen LogP contribution in [0.2, 0.25) is 5.02 Å². The number of hydrazone groups is 1. The van der Waals surface area contributed by atoms with Crippen molar-refractivity contribution in [1.82, 2.24) is 10.4 Å². The maximum atomic E-state index is 12.0. The summed E-state index contributed by atoms with van der Waals surface area (Å²) in [6.45, 7) is 0. The number of pyridine rings is 1. The van der Waals surface area contributed by atoms with Crippen LogP contribution in [0.1, 0.15) is 16.1 Å². The standard InChI is InChI=1S/C17H10BrClN4O4/c18-11-5-10(7-20-8-11)17(24)22-21-9-13-2-4-16(27-13)14-6-12(23(25)26)1-3-15(14)19/h1-9H,(H,22,24). The molecule has 0 bridgehead atoms. The number of nitrogens with zero attached hydrogens (tertiary/aromatic N) is 3. The van der Waals surface area contributed by atoms with Gasteiger partial charge in [0.1, 0.15) is 11.5 Å². The van der Waals surface area contributed by atoms with E-state index in [1.807, 2.05) is 0 Å². The minimum atomic E-state index is -0.516. The molecule has 136 valence electrons. The number of carbonyl (C=O) groups excluding carboxylic acids is 1. The molecule has 2 aromatic heterocycles. The second kappa shape index (κ2) is 8.11. The Labute approximate surface area is 166 Å². The van der Waals surface area contributed by atoms with Gasteiger partial charge in [-0.1, -0.05) is 11.6 Å². The van der Waals surface area contributed by atoms with Crippen LogP contribution in [-0.4, -0.2) is 22.0 Å². The number of carbonyl (C=O) groups is 1. The van der Waals surface area contributed by atoms with Gasteiger partial charge in [-0.3, -0.25) is 19.9 Å². The Morgan fingerprint density at radius 3 is 2.85 bits per heavy atom. The Hall–Kier alpha value is -3.04. The number of rotatable bonds is 5. The lowest BCUT2D eigenvalue weighted by Gasteiger charge is -2.00. The molecule has 0 spiro atoms. The third-order valence-electron chi connectivity index (χ3n) is 3.38. The molecule has 0 aliphatic rings. The van der Waals surface area contributed by atoms with Crippen molar-refractivity contribution in [2.24, 2.45) is 5.10 Å². The van der Waals surface area contributed by atoms with E-state index in [9.17, 15) is 14.9 Å². The maximum absolute atomic E-state index is 12.0. The second-order valence-corrected chi connectivity index (χ2v) is 6.54. The number of amides is 1. The molecule has 3 rings (SSSR count). The molecule has 0 unspecified atom stereocenters. The Morgan fingerprint density at radius 1 is 1.30 bits per heavy atom. The molecule has 2 heterocycles. The van der Waals surface area contributed by atoms with E-state index in [0.29, 0.717) is 32.1 Å². The molecular formula is C17H10BrClN4O4. The summed E-state index contributed by atoms with van der Waals surface area (Å²) in [5.74, 6) is 0.237. The van der Waals surface area contributed by atoms with E-state index in [-0.39, 0.29) is 5.69 Å².